The van der Waals surface area contributed by atoms with E-state index in [0.29, 0.717) is 21.1 Å². The summed E-state index contributed by atoms with van der Waals surface area (Å²) in [5, 5.41) is 9.82. The number of benzene rings is 1. The number of esters is 1. The maximum atomic E-state index is 11.4. The van der Waals surface area contributed by atoms with E-state index in [4.69, 9.17) is 15.2 Å². The van der Waals surface area contributed by atoms with Gasteiger partial charge >= 0.3 is 5.97 Å². The molecule has 0 aliphatic rings. The van der Waals surface area contributed by atoms with Gasteiger partial charge in [-0.2, -0.15) is 0 Å². The number of nitrogens with two attached hydrogens (primary N) is 1. The lowest BCUT2D eigenvalue weighted by molar-refractivity contribution is -0.143. The SMILES string of the molecule is CCOC(=O)C[C@H](N)c1cc(OC)c(O)c(Br)c1Br. The number of hydrogen-bond donors (Lipinski definition) is 2. The van der Waals surface area contributed by atoms with Crippen molar-refractivity contribution in [1.29, 1.82) is 0 Å². The molecule has 106 valence electrons. The zero-order chi connectivity index (χ0) is 14.6. The second-order valence-corrected chi connectivity index (χ2v) is 5.35. The Morgan fingerprint density at radius 3 is 2.63 bits per heavy atom. The molecule has 1 aromatic rings. The molecule has 0 radical (unpaired) electrons. The topological polar surface area (TPSA) is 81.8 Å². The maximum absolute atomic E-state index is 11.4. The van der Waals surface area contributed by atoms with E-state index in [-0.39, 0.29) is 23.9 Å². The van der Waals surface area contributed by atoms with Gasteiger partial charge in [0.15, 0.2) is 11.5 Å². The highest BCUT2D eigenvalue weighted by Crippen LogP contribution is 2.43. The fourth-order valence-corrected chi connectivity index (χ4v) is 2.57. The summed E-state index contributed by atoms with van der Waals surface area (Å²) in [6, 6.07) is 1.04. The highest BCUT2D eigenvalue weighted by atomic mass is 79.9. The summed E-state index contributed by atoms with van der Waals surface area (Å²) < 4.78 is 10.9. The second-order valence-electron chi connectivity index (χ2n) is 3.76. The van der Waals surface area contributed by atoms with Gasteiger partial charge in [-0.05, 0) is 50.4 Å². The summed E-state index contributed by atoms with van der Waals surface area (Å²) in [4.78, 5) is 11.4. The van der Waals surface area contributed by atoms with E-state index in [1.54, 1.807) is 13.0 Å². The predicted molar refractivity (Wildman–Crippen MR) is 78.2 cm³/mol. The van der Waals surface area contributed by atoms with E-state index in [9.17, 15) is 9.90 Å². The van der Waals surface area contributed by atoms with Crippen LogP contribution in [0.4, 0.5) is 0 Å². The van der Waals surface area contributed by atoms with Crippen molar-refractivity contribution in [2.75, 3.05) is 13.7 Å². The molecule has 0 spiro atoms. The number of aromatic hydroxyl groups is 1. The molecular formula is C12H15Br2NO4. The minimum atomic E-state index is -0.556. The summed E-state index contributed by atoms with van der Waals surface area (Å²) in [5.41, 5.74) is 6.63. The minimum Gasteiger partial charge on any atom is -0.503 e. The van der Waals surface area contributed by atoms with E-state index < -0.39 is 6.04 Å². The van der Waals surface area contributed by atoms with Crippen molar-refractivity contribution in [3.8, 4) is 11.5 Å². The molecule has 0 aromatic heterocycles. The number of rotatable bonds is 5. The number of halogens is 2. The van der Waals surface area contributed by atoms with Crippen molar-refractivity contribution < 1.29 is 19.4 Å². The first-order chi connectivity index (χ1) is 8.92. The number of phenolic OH excluding ortho intramolecular Hbond substituents is 1. The summed E-state index contributed by atoms with van der Waals surface area (Å²) in [5.74, 6) is -0.115. The zero-order valence-electron chi connectivity index (χ0n) is 10.6. The van der Waals surface area contributed by atoms with Crippen molar-refractivity contribution in [2.45, 2.75) is 19.4 Å². The molecule has 3 N–H and O–H groups in total. The van der Waals surface area contributed by atoms with Crippen LogP contribution in [0.5, 0.6) is 11.5 Å². The molecule has 19 heavy (non-hydrogen) atoms. The van der Waals surface area contributed by atoms with Gasteiger partial charge in [0, 0.05) is 10.5 Å². The van der Waals surface area contributed by atoms with E-state index in [1.165, 1.54) is 7.11 Å². The van der Waals surface area contributed by atoms with E-state index in [1.807, 2.05) is 0 Å². The van der Waals surface area contributed by atoms with Gasteiger partial charge in [-0.1, -0.05) is 0 Å². The van der Waals surface area contributed by atoms with E-state index in [0.717, 1.165) is 0 Å². The lowest BCUT2D eigenvalue weighted by atomic mass is 10.0. The summed E-state index contributed by atoms with van der Waals surface area (Å²) in [7, 11) is 1.44. The lowest BCUT2D eigenvalue weighted by Gasteiger charge is -2.17. The van der Waals surface area contributed by atoms with E-state index >= 15 is 0 Å². The van der Waals surface area contributed by atoms with Gasteiger partial charge in [0.2, 0.25) is 0 Å². The molecule has 0 aliphatic carbocycles. The molecule has 0 heterocycles. The highest BCUT2D eigenvalue weighted by Gasteiger charge is 2.21. The number of methoxy groups -OCH3 is 1. The van der Waals surface area contributed by atoms with Gasteiger partial charge in [0.1, 0.15) is 0 Å². The van der Waals surface area contributed by atoms with Crippen molar-refractivity contribution >= 4 is 37.8 Å². The predicted octanol–water partition coefficient (Wildman–Crippen LogP) is 2.88. The van der Waals surface area contributed by atoms with Gasteiger partial charge in [-0.25, -0.2) is 0 Å². The van der Waals surface area contributed by atoms with Crippen LogP contribution in [0, 0.1) is 0 Å². The first-order valence-corrected chi connectivity index (χ1v) is 7.17. The molecule has 0 saturated carbocycles. The zero-order valence-corrected chi connectivity index (χ0v) is 13.7. The highest BCUT2D eigenvalue weighted by molar-refractivity contribution is 9.13. The van der Waals surface area contributed by atoms with Crippen LogP contribution in [0.25, 0.3) is 0 Å². The average Bonchev–Trinajstić information content (AvgIpc) is 2.36. The quantitative estimate of drug-likeness (QED) is 0.747. The molecule has 1 rings (SSSR count). The Balaban J connectivity index is 3.06. The van der Waals surface area contributed by atoms with Crippen molar-refractivity contribution in [3.05, 3.63) is 20.6 Å². The van der Waals surface area contributed by atoms with Crippen LogP contribution in [0.3, 0.4) is 0 Å². The number of hydrogen-bond acceptors (Lipinski definition) is 5. The number of ether oxygens (including phenoxy) is 2. The molecule has 0 bridgehead atoms. The normalized spacial score (nSPS) is 12.1. The Kier molecular flexibility index (Phi) is 6.09. The Labute approximate surface area is 128 Å². The lowest BCUT2D eigenvalue weighted by Crippen LogP contribution is -2.18. The number of phenols is 1. The largest absolute Gasteiger partial charge is 0.503 e. The van der Waals surface area contributed by atoms with Crippen LogP contribution in [0.15, 0.2) is 15.0 Å². The third-order valence-corrected chi connectivity index (χ3v) is 4.64. The maximum Gasteiger partial charge on any atom is 0.307 e. The average molecular weight is 397 g/mol. The third kappa shape index (κ3) is 3.84. The van der Waals surface area contributed by atoms with Gasteiger partial charge in [0.25, 0.3) is 0 Å². The molecule has 0 unspecified atom stereocenters. The standard InChI is InChI=1S/C12H15Br2NO4/c1-3-19-9(16)5-7(15)6-4-8(18-2)12(17)11(14)10(6)13/h4,7,17H,3,5,15H2,1-2H3/t7-/m0/s1. The minimum absolute atomic E-state index is 0.0264. The van der Waals surface area contributed by atoms with Crippen molar-refractivity contribution in [3.63, 3.8) is 0 Å². The Hall–Kier alpha value is -0.790. The molecule has 7 heteroatoms. The van der Waals surface area contributed by atoms with Gasteiger partial charge in [0.05, 0.1) is 24.6 Å². The molecular weight excluding hydrogens is 382 g/mol. The first kappa shape index (κ1) is 16.3. The summed E-state index contributed by atoms with van der Waals surface area (Å²) in [6.45, 7) is 2.05. The first-order valence-electron chi connectivity index (χ1n) is 5.58. The molecule has 5 nitrogen and oxygen atoms in total. The van der Waals surface area contributed by atoms with Gasteiger partial charge < -0.3 is 20.3 Å². The van der Waals surface area contributed by atoms with Gasteiger partial charge in [-0.3, -0.25) is 4.79 Å². The fourth-order valence-electron chi connectivity index (χ4n) is 1.55. The van der Waals surface area contributed by atoms with Crippen LogP contribution in [0.2, 0.25) is 0 Å². The smallest absolute Gasteiger partial charge is 0.307 e. The summed E-state index contributed by atoms with van der Waals surface area (Å²) >= 11 is 6.57. The van der Waals surface area contributed by atoms with Crippen LogP contribution in [-0.4, -0.2) is 24.8 Å². The monoisotopic (exact) mass is 395 g/mol. The van der Waals surface area contributed by atoms with Crippen molar-refractivity contribution in [1.82, 2.24) is 0 Å². The summed E-state index contributed by atoms with van der Waals surface area (Å²) in [6.07, 6.45) is 0.0484. The molecule has 1 aromatic carbocycles. The fraction of sp³-hybridized carbons (Fsp3) is 0.417. The number of carbonyl (C=O) groups excluding carboxylic acids is 1. The van der Waals surface area contributed by atoms with E-state index in [2.05, 4.69) is 31.9 Å². The van der Waals surface area contributed by atoms with Crippen LogP contribution in [0.1, 0.15) is 24.9 Å². The molecule has 1 atom stereocenters. The molecule has 0 fully saturated rings. The van der Waals surface area contributed by atoms with Crippen LogP contribution >= 0.6 is 31.9 Å². The van der Waals surface area contributed by atoms with Crippen LogP contribution in [-0.2, 0) is 9.53 Å². The van der Waals surface area contributed by atoms with Crippen molar-refractivity contribution in [2.24, 2.45) is 5.73 Å². The molecule has 0 amide bonds. The Bertz CT molecular complexity index is 479. The third-order valence-electron chi connectivity index (χ3n) is 2.49. The molecule has 0 saturated heterocycles. The Morgan fingerprint density at radius 1 is 1.47 bits per heavy atom. The molecule has 0 aliphatic heterocycles. The van der Waals surface area contributed by atoms with Crippen LogP contribution < -0.4 is 10.5 Å². The second kappa shape index (κ2) is 7.12. The Morgan fingerprint density at radius 2 is 2.11 bits per heavy atom. The number of carbonyl (C=O) groups is 1. The van der Waals surface area contributed by atoms with Gasteiger partial charge in [-0.15, -0.1) is 0 Å².